The molecule has 2 atom stereocenters. The summed E-state index contributed by atoms with van der Waals surface area (Å²) in [6.07, 6.45) is 2.55. The number of nitrogens with zero attached hydrogens (tertiary/aromatic N) is 2. The molecule has 0 radical (unpaired) electrons. The highest BCUT2D eigenvalue weighted by Gasteiger charge is 2.20. The fraction of sp³-hybridized carbons (Fsp3) is 0.241. The SMILES string of the molecule is CC(N)c1cnc(-c2cc(C(=O)N[C@H](C)c3ccc(F)cc3)cc(N(C)S(C)(=O)=O)c2)o1.Cc1ccccc1. The van der Waals surface area contributed by atoms with E-state index in [1.54, 1.807) is 38.1 Å². The molecule has 10 heteroatoms. The summed E-state index contributed by atoms with van der Waals surface area (Å²) < 4.78 is 44.1. The van der Waals surface area contributed by atoms with Crippen molar-refractivity contribution in [2.75, 3.05) is 17.6 Å². The maximum absolute atomic E-state index is 13.2. The Balaban J connectivity index is 0.000000520. The summed E-state index contributed by atoms with van der Waals surface area (Å²) in [6, 6.07) is 19.9. The Morgan fingerprint density at radius 3 is 2.21 bits per heavy atom. The molecule has 4 aromatic rings. The summed E-state index contributed by atoms with van der Waals surface area (Å²) in [6.45, 7) is 5.59. The van der Waals surface area contributed by atoms with E-state index in [0.29, 0.717) is 11.3 Å². The Hall–Kier alpha value is -4.02. The lowest BCUT2D eigenvalue weighted by atomic mass is 10.1. The number of oxazole rings is 1. The zero-order chi connectivity index (χ0) is 28.7. The monoisotopic (exact) mass is 552 g/mol. The lowest BCUT2D eigenvalue weighted by Crippen LogP contribution is -2.28. The van der Waals surface area contributed by atoms with Gasteiger partial charge < -0.3 is 15.5 Å². The van der Waals surface area contributed by atoms with Gasteiger partial charge in [0.1, 0.15) is 11.6 Å². The molecule has 8 nitrogen and oxygen atoms in total. The van der Waals surface area contributed by atoms with Crippen LogP contribution >= 0.6 is 0 Å². The van der Waals surface area contributed by atoms with Gasteiger partial charge in [-0.2, -0.15) is 0 Å². The first-order valence-corrected chi connectivity index (χ1v) is 14.1. The van der Waals surface area contributed by atoms with Crippen LogP contribution in [0.25, 0.3) is 11.5 Å². The summed E-state index contributed by atoms with van der Waals surface area (Å²) in [5, 5.41) is 2.84. The molecule has 3 N–H and O–H groups in total. The van der Waals surface area contributed by atoms with Crippen LogP contribution in [0.1, 0.15) is 53.2 Å². The van der Waals surface area contributed by atoms with Crippen LogP contribution in [0.5, 0.6) is 0 Å². The molecule has 0 fully saturated rings. The number of halogens is 1. The van der Waals surface area contributed by atoms with Crippen LogP contribution in [0.15, 0.2) is 83.4 Å². The number of hydrogen-bond acceptors (Lipinski definition) is 6. The van der Waals surface area contributed by atoms with E-state index in [1.165, 1.54) is 37.0 Å². The van der Waals surface area contributed by atoms with E-state index in [1.807, 2.05) is 18.2 Å². The first-order valence-electron chi connectivity index (χ1n) is 12.2. The Morgan fingerprint density at radius 1 is 1.05 bits per heavy atom. The van der Waals surface area contributed by atoms with E-state index in [2.05, 4.69) is 29.4 Å². The summed E-state index contributed by atoms with van der Waals surface area (Å²) in [5.74, 6) is -0.143. The van der Waals surface area contributed by atoms with Gasteiger partial charge in [0.2, 0.25) is 15.9 Å². The number of rotatable bonds is 7. The molecule has 3 aromatic carbocycles. The van der Waals surface area contributed by atoms with Crippen molar-refractivity contribution < 1.29 is 22.0 Å². The van der Waals surface area contributed by atoms with Gasteiger partial charge in [-0.1, -0.05) is 48.0 Å². The second kappa shape index (κ2) is 12.7. The first-order chi connectivity index (χ1) is 18.3. The number of aromatic nitrogens is 1. The third kappa shape index (κ3) is 8.23. The molecule has 0 saturated heterocycles. The number of sulfonamides is 1. The van der Waals surface area contributed by atoms with Crippen LogP contribution in [0.4, 0.5) is 10.1 Å². The molecule has 1 unspecified atom stereocenters. The minimum absolute atomic E-state index is 0.210. The van der Waals surface area contributed by atoms with Crippen LogP contribution in [0.3, 0.4) is 0 Å². The van der Waals surface area contributed by atoms with Crippen LogP contribution in [-0.4, -0.2) is 32.6 Å². The van der Waals surface area contributed by atoms with Crippen molar-refractivity contribution in [3.63, 3.8) is 0 Å². The van der Waals surface area contributed by atoms with Gasteiger partial charge in [-0.05, 0) is 56.7 Å². The summed E-state index contributed by atoms with van der Waals surface area (Å²) in [5.41, 5.74) is 8.77. The van der Waals surface area contributed by atoms with Crippen molar-refractivity contribution in [3.8, 4) is 11.5 Å². The van der Waals surface area contributed by atoms with Crippen molar-refractivity contribution >= 4 is 21.6 Å². The fourth-order valence-electron chi connectivity index (χ4n) is 3.52. The third-order valence-corrected chi connectivity index (χ3v) is 7.12. The Morgan fingerprint density at radius 2 is 1.69 bits per heavy atom. The van der Waals surface area contributed by atoms with Gasteiger partial charge in [0.25, 0.3) is 5.91 Å². The number of benzene rings is 3. The number of carbonyl (C=O) groups excluding carboxylic acids is 1. The van der Waals surface area contributed by atoms with E-state index in [9.17, 15) is 17.6 Å². The van der Waals surface area contributed by atoms with Crippen LogP contribution in [0.2, 0.25) is 0 Å². The molecule has 0 aliphatic heterocycles. The average Bonchev–Trinajstić information content (AvgIpc) is 3.40. The Kier molecular flexibility index (Phi) is 9.61. The van der Waals surface area contributed by atoms with Crippen LogP contribution < -0.4 is 15.4 Å². The first kappa shape index (κ1) is 29.5. The maximum Gasteiger partial charge on any atom is 0.251 e. The standard InChI is InChI=1S/C22H25FN4O4S.C7H8/c1-13(24)20-12-25-22(31-20)17-9-16(10-19(11-17)27(3)32(4,29)30)21(28)26-14(2)15-5-7-18(23)8-6-15;1-7-5-3-2-4-6-7/h5-14H,24H2,1-4H3,(H,26,28);2-6H,1H3/t13?,14-;/m1./s1. The highest BCUT2D eigenvalue weighted by molar-refractivity contribution is 7.92. The fourth-order valence-corrected chi connectivity index (χ4v) is 4.01. The lowest BCUT2D eigenvalue weighted by Gasteiger charge is -2.19. The van der Waals surface area contributed by atoms with Crippen molar-refractivity contribution in [1.29, 1.82) is 0 Å². The minimum atomic E-state index is -3.58. The van der Waals surface area contributed by atoms with Crippen LogP contribution in [0, 0.1) is 12.7 Å². The molecule has 1 heterocycles. The normalized spacial score (nSPS) is 12.6. The summed E-state index contributed by atoms with van der Waals surface area (Å²) >= 11 is 0. The van der Waals surface area contributed by atoms with Crippen LogP contribution in [-0.2, 0) is 10.0 Å². The average molecular weight is 553 g/mol. The Labute approximate surface area is 228 Å². The second-order valence-corrected chi connectivity index (χ2v) is 11.3. The number of nitrogens with one attached hydrogen (secondary N) is 1. The van der Waals surface area contributed by atoms with E-state index >= 15 is 0 Å². The molecular weight excluding hydrogens is 519 g/mol. The highest BCUT2D eigenvalue weighted by atomic mass is 32.2. The molecule has 0 aliphatic carbocycles. The number of carbonyl (C=O) groups is 1. The second-order valence-electron chi connectivity index (χ2n) is 9.26. The van der Waals surface area contributed by atoms with Gasteiger partial charge in [-0.25, -0.2) is 17.8 Å². The molecule has 1 amide bonds. The van der Waals surface area contributed by atoms with Crippen molar-refractivity contribution in [3.05, 3.63) is 107 Å². The number of nitrogens with two attached hydrogens (primary N) is 1. The topological polar surface area (TPSA) is 119 Å². The highest BCUT2D eigenvalue weighted by Crippen LogP contribution is 2.29. The third-order valence-electron chi connectivity index (χ3n) is 5.92. The van der Waals surface area contributed by atoms with E-state index in [0.717, 1.165) is 16.1 Å². The molecule has 39 heavy (non-hydrogen) atoms. The van der Waals surface area contributed by atoms with Gasteiger partial charge in [0, 0.05) is 18.2 Å². The zero-order valence-electron chi connectivity index (χ0n) is 22.6. The number of hydrogen-bond donors (Lipinski definition) is 2. The van der Waals surface area contributed by atoms with Crippen molar-refractivity contribution in [2.24, 2.45) is 5.73 Å². The predicted octanol–water partition coefficient (Wildman–Crippen LogP) is 5.38. The molecule has 4 rings (SSSR count). The minimum Gasteiger partial charge on any atom is -0.440 e. The molecule has 1 aromatic heterocycles. The van der Waals surface area contributed by atoms with E-state index < -0.39 is 22.0 Å². The molecule has 0 spiro atoms. The number of amides is 1. The van der Waals surface area contributed by atoms with E-state index in [-0.39, 0.29) is 29.0 Å². The molecular formula is C29H33FN4O4S. The van der Waals surface area contributed by atoms with Gasteiger partial charge in [0.15, 0.2) is 0 Å². The largest absolute Gasteiger partial charge is 0.440 e. The zero-order valence-corrected chi connectivity index (χ0v) is 23.4. The quantitative estimate of drug-likeness (QED) is 0.318. The van der Waals surface area contributed by atoms with Gasteiger partial charge in [-0.15, -0.1) is 0 Å². The van der Waals surface area contributed by atoms with E-state index in [4.69, 9.17) is 10.2 Å². The lowest BCUT2D eigenvalue weighted by molar-refractivity contribution is 0.0940. The molecule has 206 valence electrons. The number of aryl methyl sites for hydroxylation is 1. The molecule has 0 saturated carbocycles. The van der Waals surface area contributed by atoms with Gasteiger partial charge in [0.05, 0.1) is 30.2 Å². The maximum atomic E-state index is 13.2. The number of anilines is 1. The molecule has 0 bridgehead atoms. The van der Waals surface area contributed by atoms with Gasteiger partial charge >= 0.3 is 0 Å². The summed E-state index contributed by atoms with van der Waals surface area (Å²) in [7, 11) is -2.19. The van der Waals surface area contributed by atoms with Gasteiger partial charge in [-0.3, -0.25) is 9.10 Å². The molecule has 0 aliphatic rings. The smallest absolute Gasteiger partial charge is 0.251 e. The predicted molar refractivity (Wildman–Crippen MR) is 151 cm³/mol. The summed E-state index contributed by atoms with van der Waals surface area (Å²) in [4.78, 5) is 17.2. The van der Waals surface area contributed by atoms with Crippen molar-refractivity contribution in [2.45, 2.75) is 32.9 Å². The Bertz CT molecular complexity index is 1500. The van der Waals surface area contributed by atoms with Crippen molar-refractivity contribution in [1.82, 2.24) is 10.3 Å².